The van der Waals surface area contributed by atoms with Crippen LogP contribution in [0.4, 0.5) is 0 Å². The highest BCUT2D eigenvalue weighted by Gasteiger charge is 2.16. The fourth-order valence-corrected chi connectivity index (χ4v) is 3.90. The highest BCUT2D eigenvalue weighted by Crippen LogP contribution is 2.22. The molecule has 0 saturated heterocycles. The lowest BCUT2D eigenvalue weighted by Crippen LogP contribution is -2.24. The van der Waals surface area contributed by atoms with E-state index in [0.717, 1.165) is 26.6 Å². The van der Waals surface area contributed by atoms with Crippen LogP contribution in [0.25, 0.3) is 16.0 Å². The first kappa shape index (κ1) is 17.6. The Morgan fingerprint density at radius 2 is 2.00 bits per heavy atom. The molecular weight excluding hydrogens is 382 g/mol. The summed E-state index contributed by atoms with van der Waals surface area (Å²) in [4.78, 5) is 21.5. The standard InChI is InChI=1S/C19H16ClN5OS/c1-11-9-12(2)25(24-11)16-8-7-13(20)18(23-16)19(26)21-10-17-22-14-5-3-4-6-15(14)27-17/h3-9H,10H2,1-2H3,(H,21,26). The van der Waals surface area contributed by atoms with Crippen molar-refractivity contribution in [1.29, 1.82) is 0 Å². The van der Waals surface area contributed by atoms with Crippen LogP contribution >= 0.6 is 22.9 Å². The van der Waals surface area contributed by atoms with Gasteiger partial charge in [0.25, 0.3) is 5.91 Å². The molecule has 0 aliphatic carbocycles. The molecule has 4 rings (SSSR count). The van der Waals surface area contributed by atoms with Gasteiger partial charge < -0.3 is 5.32 Å². The highest BCUT2D eigenvalue weighted by atomic mass is 35.5. The molecule has 27 heavy (non-hydrogen) atoms. The van der Waals surface area contributed by atoms with Crippen LogP contribution in [0.15, 0.2) is 42.5 Å². The predicted molar refractivity (Wildman–Crippen MR) is 107 cm³/mol. The predicted octanol–water partition coefficient (Wildman–Crippen LogP) is 4.08. The van der Waals surface area contributed by atoms with Crippen molar-refractivity contribution in [2.75, 3.05) is 0 Å². The molecule has 136 valence electrons. The van der Waals surface area contributed by atoms with E-state index in [1.165, 1.54) is 0 Å². The number of benzene rings is 1. The van der Waals surface area contributed by atoms with Gasteiger partial charge in [0.15, 0.2) is 5.82 Å². The van der Waals surface area contributed by atoms with Crippen LogP contribution in [-0.4, -0.2) is 25.7 Å². The second-order valence-corrected chi connectivity index (χ2v) is 7.62. The summed E-state index contributed by atoms with van der Waals surface area (Å²) < 4.78 is 2.78. The van der Waals surface area contributed by atoms with E-state index in [0.29, 0.717) is 17.4 Å². The number of hydrogen-bond donors (Lipinski definition) is 1. The SMILES string of the molecule is Cc1cc(C)n(-c2ccc(Cl)c(C(=O)NCc3nc4ccccc4s3)n2)n1. The summed E-state index contributed by atoms with van der Waals surface area (Å²) in [6.45, 7) is 4.16. The van der Waals surface area contributed by atoms with Gasteiger partial charge >= 0.3 is 0 Å². The van der Waals surface area contributed by atoms with Crippen molar-refractivity contribution in [3.8, 4) is 5.82 Å². The molecule has 0 saturated carbocycles. The van der Waals surface area contributed by atoms with Crippen LogP contribution in [-0.2, 0) is 6.54 Å². The number of aromatic nitrogens is 4. The van der Waals surface area contributed by atoms with E-state index in [1.54, 1.807) is 28.2 Å². The second kappa shape index (κ2) is 7.09. The summed E-state index contributed by atoms with van der Waals surface area (Å²) >= 11 is 7.75. The number of nitrogens with zero attached hydrogens (tertiary/aromatic N) is 4. The number of pyridine rings is 1. The summed E-state index contributed by atoms with van der Waals surface area (Å²) in [7, 11) is 0. The van der Waals surface area contributed by atoms with Crippen LogP contribution in [0, 0.1) is 13.8 Å². The minimum atomic E-state index is -0.345. The Balaban J connectivity index is 1.56. The molecule has 0 aliphatic rings. The largest absolute Gasteiger partial charge is 0.344 e. The zero-order chi connectivity index (χ0) is 19.0. The van der Waals surface area contributed by atoms with Gasteiger partial charge in [-0.15, -0.1) is 11.3 Å². The zero-order valence-electron chi connectivity index (χ0n) is 14.7. The van der Waals surface area contributed by atoms with Gasteiger partial charge in [0, 0.05) is 5.69 Å². The summed E-state index contributed by atoms with van der Waals surface area (Å²) in [6, 6.07) is 13.2. The van der Waals surface area contributed by atoms with Crippen LogP contribution in [0.2, 0.25) is 5.02 Å². The van der Waals surface area contributed by atoms with Crippen molar-refractivity contribution in [1.82, 2.24) is 25.1 Å². The molecule has 0 unspecified atom stereocenters. The number of thiazole rings is 1. The van der Waals surface area contributed by atoms with Crippen molar-refractivity contribution in [2.24, 2.45) is 0 Å². The lowest BCUT2D eigenvalue weighted by Gasteiger charge is -2.08. The van der Waals surface area contributed by atoms with E-state index in [4.69, 9.17) is 11.6 Å². The number of amides is 1. The van der Waals surface area contributed by atoms with Gasteiger partial charge in [0.2, 0.25) is 0 Å². The molecule has 4 aromatic rings. The Morgan fingerprint density at radius 3 is 2.74 bits per heavy atom. The van der Waals surface area contributed by atoms with Crippen LogP contribution < -0.4 is 5.32 Å². The average molecular weight is 398 g/mol. The second-order valence-electron chi connectivity index (χ2n) is 6.10. The molecule has 1 amide bonds. The van der Waals surface area contributed by atoms with E-state index in [9.17, 15) is 4.79 Å². The van der Waals surface area contributed by atoms with Gasteiger partial charge in [-0.25, -0.2) is 14.6 Å². The molecule has 1 aromatic carbocycles. The first-order valence-electron chi connectivity index (χ1n) is 8.34. The fraction of sp³-hybridized carbons (Fsp3) is 0.158. The Labute approximate surface area is 164 Å². The zero-order valence-corrected chi connectivity index (χ0v) is 16.3. The number of hydrogen-bond acceptors (Lipinski definition) is 5. The third-order valence-corrected chi connectivity index (χ3v) is 5.35. The van der Waals surface area contributed by atoms with Gasteiger partial charge in [-0.1, -0.05) is 23.7 Å². The normalized spacial score (nSPS) is 11.1. The Kier molecular flexibility index (Phi) is 4.63. The summed E-state index contributed by atoms with van der Waals surface area (Å²) in [5.41, 5.74) is 2.91. The topological polar surface area (TPSA) is 72.7 Å². The lowest BCUT2D eigenvalue weighted by molar-refractivity contribution is 0.0946. The van der Waals surface area contributed by atoms with Crippen molar-refractivity contribution < 1.29 is 4.79 Å². The van der Waals surface area contributed by atoms with Gasteiger partial charge in [-0.05, 0) is 44.2 Å². The lowest BCUT2D eigenvalue weighted by atomic mass is 10.3. The fourth-order valence-electron chi connectivity index (χ4n) is 2.81. The number of halogens is 1. The van der Waals surface area contributed by atoms with Crippen LogP contribution in [0.3, 0.4) is 0 Å². The number of rotatable bonds is 4. The van der Waals surface area contributed by atoms with Crippen molar-refractivity contribution >= 4 is 39.1 Å². The minimum absolute atomic E-state index is 0.169. The van der Waals surface area contributed by atoms with Crippen LogP contribution in [0.1, 0.15) is 26.9 Å². The van der Waals surface area contributed by atoms with Gasteiger partial charge in [0.1, 0.15) is 10.7 Å². The maximum Gasteiger partial charge on any atom is 0.271 e. The minimum Gasteiger partial charge on any atom is -0.344 e. The number of carbonyl (C=O) groups excluding carboxylic acids is 1. The molecule has 0 fully saturated rings. The summed E-state index contributed by atoms with van der Waals surface area (Å²) in [5.74, 6) is 0.206. The maximum atomic E-state index is 12.6. The third kappa shape index (κ3) is 3.56. The van der Waals surface area contributed by atoms with E-state index in [2.05, 4.69) is 20.4 Å². The van der Waals surface area contributed by atoms with Crippen molar-refractivity contribution in [2.45, 2.75) is 20.4 Å². The quantitative estimate of drug-likeness (QED) is 0.563. The van der Waals surface area contributed by atoms with E-state index in [1.807, 2.05) is 44.2 Å². The number of para-hydroxylation sites is 1. The molecule has 0 bridgehead atoms. The van der Waals surface area contributed by atoms with Crippen molar-refractivity contribution in [3.05, 3.63) is 69.6 Å². The Bertz CT molecular complexity index is 1120. The van der Waals surface area contributed by atoms with Crippen LogP contribution in [0.5, 0.6) is 0 Å². The van der Waals surface area contributed by atoms with E-state index < -0.39 is 0 Å². The average Bonchev–Trinajstić information content (AvgIpc) is 3.22. The first-order chi connectivity index (χ1) is 13.0. The first-order valence-corrected chi connectivity index (χ1v) is 9.53. The highest BCUT2D eigenvalue weighted by molar-refractivity contribution is 7.18. The van der Waals surface area contributed by atoms with E-state index in [-0.39, 0.29) is 11.6 Å². The summed E-state index contributed by atoms with van der Waals surface area (Å²) in [6.07, 6.45) is 0. The number of aryl methyl sites for hydroxylation is 2. The molecule has 1 N–H and O–H groups in total. The number of fused-ring (bicyclic) bond motifs is 1. The molecule has 0 aliphatic heterocycles. The molecule has 8 heteroatoms. The third-order valence-electron chi connectivity index (χ3n) is 4.01. The molecule has 6 nitrogen and oxygen atoms in total. The number of nitrogens with one attached hydrogen (secondary N) is 1. The molecule has 3 aromatic heterocycles. The smallest absolute Gasteiger partial charge is 0.271 e. The van der Waals surface area contributed by atoms with E-state index >= 15 is 0 Å². The summed E-state index contributed by atoms with van der Waals surface area (Å²) in [5, 5.41) is 8.37. The molecule has 0 radical (unpaired) electrons. The van der Waals surface area contributed by atoms with Gasteiger partial charge in [0.05, 0.1) is 27.5 Å². The van der Waals surface area contributed by atoms with Gasteiger partial charge in [-0.2, -0.15) is 5.10 Å². The molecule has 3 heterocycles. The molecule has 0 atom stereocenters. The Hall–Kier alpha value is -2.77. The van der Waals surface area contributed by atoms with Gasteiger partial charge in [-0.3, -0.25) is 4.79 Å². The molecule has 0 spiro atoms. The Morgan fingerprint density at radius 1 is 1.19 bits per heavy atom. The maximum absolute atomic E-state index is 12.6. The number of carbonyl (C=O) groups is 1. The monoisotopic (exact) mass is 397 g/mol. The molecular formula is C19H16ClN5OS. The van der Waals surface area contributed by atoms with Crippen molar-refractivity contribution in [3.63, 3.8) is 0 Å².